The Morgan fingerprint density at radius 1 is 1.00 bits per heavy atom. The first-order chi connectivity index (χ1) is 16.4. The van der Waals surface area contributed by atoms with Crippen molar-refractivity contribution in [1.29, 1.82) is 0 Å². The number of nitrogens with one attached hydrogen (secondary N) is 1. The van der Waals surface area contributed by atoms with Crippen LogP contribution in [0.1, 0.15) is 17.0 Å². The summed E-state index contributed by atoms with van der Waals surface area (Å²) in [6.07, 6.45) is 0. The van der Waals surface area contributed by atoms with Gasteiger partial charge in [-0.05, 0) is 47.9 Å². The maximum atomic E-state index is 13.2. The molecule has 2 fully saturated rings. The van der Waals surface area contributed by atoms with Gasteiger partial charge in [0.25, 0.3) is 0 Å². The Hall–Kier alpha value is -3.71. The van der Waals surface area contributed by atoms with Crippen molar-refractivity contribution in [3.8, 4) is 11.1 Å². The number of aliphatic hydroxyl groups is 1. The molecule has 3 amide bonds. The van der Waals surface area contributed by atoms with Crippen LogP contribution in [0.4, 0.5) is 14.9 Å². The van der Waals surface area contributed by atoms with E-state index in [2.05, 4.69) is 48.6 Å². The van der Waals surface area contributed by atoms with Gasteiger partial charge in [0.15, 0.2) is 0 Å². The van der Waals surface area contributed by atoms with E-state index in [-0.39, 0.29) is 42.9 Å². The zero-order chi connectivity index (χ0) is 23.8. The molecule has 0 spiro atoms. The molecule has 2 heterocycles. The maximum absolute atomic E-state index is 13.2. The summed E-state index contributed by atoms with van der Waals surface area (Å²) in [5.41, 5.74) is 4.93. The topological polar surface area (TPSA) is 72.9 Å². The number of amides is 3. The highest BCUT2D eigenvalue weighted by Crippen LogP contribution is 2.43. The Bertz CT molecular complexity index is 1200. The zero-order valence-electron chi connectivity index (χ0n) is 18.8. The maximum Gasteiger partial charge on any atom is 0.322 e. The first-order valence-electron chi connectivity index (χ1n) is 11.3. The summed E-state index contributed by atoms with van der Waals surface area (Å²) < 4.78 is 13.2. The summed E-state index contributed by atoms with van der Waals surface area (Å²) in [4.78, 5) is 28.8. The van der Waals surface area contributed by atoms with Gasteiger partial charge in [0, 0.05) is 18.2 Å². The molecule has 174 valence electrons. The van der Waals surface area contributed by atoms with E-state index in [9.17, 15) is 19.1 Å². The molecule has 3 aromatic rings. The SMILES string of the molecule is Cc1ccc(-c2ccc([C@H]3[C@@H](CO)N4C(=O)CN(C(=O)Nc5ccc(F)cc5)C[C@@H]34)cc2)cc1. The Morgan fingerprint density at radius 3 is 2.24 bits per heavy atom. The molecule has 5 rings (SSSR count). The number of fused-ring (bicyclic) bond motifs is 1. The number of hydrogen-bond donors (Lipinski definition) is 2. The van der Waals surface area contributed by atoms with E-state index in [1.54, 1.807) is 4.90 Å². The second kappa shape index (κ2) is 8.91. The van der Waals surface area contributed by atoms with Crippen LogP contribution < -0.4 is 5.32 Å². The zero-order valence-corrected chi connectivity index (χ0v) is 18.8. The molecular weight excluding hydrogens is 433 g/mol. The average Bonchev–Trinajstić information content (AvgIpc) is 2.83. The van der Waals surface area contributed by atoms with Crippen molar-refractivity contribution in [2.45, 2.75) is 24.9 Å². The lowest BCUT2D eigenvalue weighted by atomic mass is 9.73. The van der Waals surface area contributed by atoms with Crippen LogP contribution in [0.2, 0.25) is 0 Å². The Balaban J connectivity index is 1.33. The van der Waals surface area contributed by atoms with Crippen molar-refractivity contribution in [3.05, 3.63) is 89.7 Å². The number of piperazine rings is 1. The second-order valence-corrected chi connectivity index (χ2v) is 8.95. The van der Waals surface area contributed by atoms with Crippen molar-refractivity contribution < 1.29 is 19.1 Å². The highest BCUT2D eigenvalue weighted by atomic mass is 19.1. The normalized spacial score (nSPS) is 21.6. The third-order valence-corrected chi connectivity index (χ3v) is 6.82. The van der Waals surface area contributed by atoms with Gasteiger partial charge in [-0.15, -0.1) is 0 Å². The van der Waals surface area contributed by atoms with Gasteiger partial charge < -0.3 is 20.2 Å². The molecule has 0 saturated carbocycles. The lowest BCUT2D eigenvalue weighted by Crippen LogP contribution is -2.73. The molecule has 0 radical (unpaired) electrons. The lowest BCUT2D eigenvalue weighted by molar-refractivity contribution is -0.159. The molecule has 7 heteroatoms. The Labute approximate surface area is 197 Å². The molecule has 0 bridgehead atoms. The van der Waals surface area contributed by atoms with Crippen LogP contribution in [-0.2, 0) is 4.79 Å². The number of aliphatic hydroxyl groups excluding tert-OH is 1. The molecular formula is C27H26FN3O3. The first kappa shape index (κ1) is 22.1. The fraction of sp³-hybridized carbons (Fsp3) is 0.259. The molecule has 3 aromatic carbocycles. The molecule has 3 atom stereocenters. The van der Waals surface area contributed by atoms with Gasteiger partial charge in [0.1, 0.15) is 12.4 Å². The number of nitrogens with zero attached hydrogens (tertiary/aromatic N) is 2. The fourth-order valence-electron chi connectivity index (χ4n) is 5.03. The van der Waals surface area contributed by atoms with E-state index in [1.165, 1.54) is 34.7 Å². The summed E-state index contributed by atoms with van der Waals surface area (Å²) in [7, 11) is 0. The van der Waals surface area contributed by atoms with Gasteiger partial charge in [0.05, 0.1) is 18.7 Å². The minimum atomic E-state index is -0.402. The van der Waals surface area contributed by atoms with Crippen molar-refractivity contribution in [2.75, 3.05) is 25.0 Å². The highest BCUT2D eigenvalue weighted by Gasteiger charge is 2.54. The predicted molar refractivity (Wildman–Crippen MR) is 128 cm³/mol. The average molecular weight is 460 g/mol. The lowest BCUT2D eigenvalue weighted by Gasteiger charge is -2.58. The number of halogens is 1. The molecule has 2 N–H and O–H groups in total. The van der Waals surface area contributed by atoms with Gasteiger partial charge in [-0.3, -0.25) is 4.79 Å². The molecule has 0 unspecified atom stereocenters. The van der Waals surface area contributed by atoms with E-state index >= 15 is 0 Å². The highest BCUT2D eigenvalue weighted by molar-refractivity contribution is 5.93. The molecule has 2 aliphatic rings. The summed E-state index contributed by atoms with van der Waals surface area (Å²) in [5.74, 6) is -0.637. The van der Waals surface area contributed by atoms with E-state index in [1.807, 2.05) is 12.1 Å². The number of anilines is 1. The van der Waals surface area contributed by atoms with E-state index < -0.39 is 6.03 Å². The van der Waals surface area contributed by atoms with Crippen LogP contribution in [0.3, 0.4) is 0 Å². The number of benzene rings is 3. The quantitative estimate of drug-likeness (QED) is 0.619. The van der Waals surface area contributed by atoms with Crippen LogP contribution in [0, 0.1) is 12.7 Å². The van der Waals surface area contributed by atoms with Crippen LogP contribution >= 0.6 is 0 Å². The Morgan fingerprint density at radius 2 is 1.62 bits per heavy atom. The molecule has 2 aliphatic heterocycles. The monoisotopic (exact) mass is 459 g/mol. The fourth-order valence-corrected chi connectivity index (χ4v) is 5.03. The number of carbonyl (C=O) groups is 2. The number of aryl methyl sites for hydroxylation is 1. The molecule has 0 aliphatic carbocycles. The van der Waals surface area contributed by atoms with Gasteiger partial charge >= 0.3 is 6.03 Å². The van der Waals surface area contributed by atoms with Gasteiger partial charge in [-0.1, -0.05) is 54.1 Å². The predicted octanol–water partition coefficient (Wildman–Crippen LogP) is 4.00. The third-order valence-electron chi connectivity index (χ3n) is 6.82. The molecule has 2 saturated heterocycles. The van der Waals surface area contributed by atoms with Gasteiger partial charge in [-0.2, -0.15) is 0 Å². The summed E-state index contributed by atoms with van der Waals surface area (Å²) in [5, 5.41) is 12.7. The second-order valence-electron chi connectivity index (χ2n) is 8.95. The Kier molecular flexibility index (Phi) is 5.79. The minimum absolute atomic E-state index is 0.0564. The smallest absolute Gasteiger partial charge is 0.322 e. The van der Waals surface area contributed by atoms with E-state index in [4.69, 9.17) is 0 Å². The molecule has 0 aromatic heterocycles. The van der Waals surface area contributed by atoms with Crippen LogP contribution in [0.15, 0.2) is 72.8 Å². The minimum Gasteiger partial charge on any atom is -0.394 e. The van der Waals surface area contributed by atoms with E-state index in [0.29, 0.717) is 12.2 Å². The van der Waals surface area contributed by atoms with Gasteiger partial charge in [0.2, 0.25) is 5.91 Å². The van der Waals surface area contributed by atoms with Gasteiger partial charge in [-0.25, -0.2) is 9.18 Å². The summed E-state index contributed by atoms with van der Waals surface area (Å²) in [6, 6.07) is 21.1. The van der Waals surface area contributed by atoms with Crippen LogP contribution in [-0.4, -0.2) is 58.6 Å². The molecule has 6 nitrogen and oxygen atoms in total. The molecule has 34 heavy (non-hydrogen) atoms. The standard InChI is InChI=1S/C27H26FN3O3/c1-17-2-4-18(5-3-17)19-6-8-20(9-7-19)26-23-14-30(15-25(33)31(23)24(26)16-32)27(34)29-22-12-10-21(28)11-13-22/h2-13,23-24,26,32H,14-16H2,1H3,(H,29,34)/t23-,24+,26+/m0/s1. The summed E-state index contributed by atoms with van der Waals surface area (Å²) in [6.45, 7) is 2.23. The third kappa shape index (κ3) is 4.03. The van der Waals surface area contributed by atoms with Crippen molar-refractivity contribution >= 4 is 17.6 Å². The number of hydrogen-bond acceptors (Lipinski definition) is 3. The van der Waals surface area contributed by atoms with E-state index in [0.717, 1.165) is 16.7 Å². The number of urea groups is 1. The number of rotatable bonds is 4. The van der Waals surface area contributed by atoms with Crippen molar-refractivity contribution in [2.24, 2.45) is 0 Å². The number of carbonyl (C=O) groups excluding carboxylic acids is 2. The van der Waals surface area contributed by atoms with Crippen molar-refractivity contribution in [1.82, 2.24) is 9.80 Å². The van der Waals surface area contributed by atoms with Crippen LogP contribution in [0.25, 0.3) is 11.1 Å². The van der Waals surface area contributed by atoms with Crippen LogP contribution in [0.5, 0.6) is 0 Å². The van der Waals surface area contributed by atoms with Crippen molar-refractivity contribution in [3.63, 3.8) is 0 Å². The first-order valence-corrected chi connectivity index (χ1v) is 11.3. The largest absolute Gasteiger partial charge is 0.394 e. The summed E-state index contributed by atoms with van der Waals surface area (Å²) >= 11 is 0.